The highest BCUT2D eigenvalue weighted by Crippen LogP contribution is 2.38. The molecule has 0 saturated heterocycles. The van der Waals surface area contributed by atoms with E-state index in [9.17, 15) is 19.0 Å². The van der Waals surface area contributed by atoms with Crippen LogP contribution >= 0.6 is 7.82 Å². The lowest BCUT2D eigenvalue weighted by Gasteiger charge is -2.30. The fraction of sp³-hybridized carbons (Fsp3) is 0.694. The van der Waals surface area contributed by atoms with E-state index >= 15 is 0 Å². The number of hydrogen-bond donors (Lipinski definition) is 1. The minimum Gasteiger partial charge on any atom is -0.756 e. The highest BCUT2D eigenvalue weighted by atomic mass is 31.2. The third-order valence-corrected chi connectivity index (χ3v) is 15.1. The number of nitrogens with one attached hydrogen (secondary N) is 1. The molecule has 0 spiro atoms. The smallest absolute Gasteiger partial charge is 0.306 e. The maximum Gasteiger partial charge on any atom is 0.306 e. The van der Waals surface area contributed by atoms with Crippen molar-refractivity contribution in [1.82, 2.24) is 5.32 Å². The molecule has 10 heteroatoms. The Morgan fingerprint density at radius 2 is 0.780 bits per heavy atom. The largest absolute Gasteiger partial charge is 0.756 e. The van der Waals surface area contributed by atoms with E-state index in [0.717, 1.165) is 148 Å². The Kier molecular flexibility index (Phi) is 57.9. The predicted molar refractivity (Wildman–Crippen MR) is 353 cm³/mol. The van der Waals surface area contributed by atoms with Gasteiger partial charge >= 0.3 is 5.97 Å². The van der Waals surface area contributed by atoms with Gasteiger partial charge in [0.1, 0.15) is 19.3 Å². The van der Waals surface area contributed by atoms with E-state index < -0.39 is 26.6 Å². The van der Waals surface area contributed by atoms with Gasteiger partial charge in [-0.15, -0.1) is 0 Å². The van der Waals surface area contributed by atoms with Gasteiger partial charge < -0.3 is 28.5 Å². The molecule has 0 bridgehead atoms. The molecule has 0 heterocycles. The molecule has 0 aromatic rings. The second kappa shape index (κ2) is 60.5. The fourth-order valence-electron chi connectivity index (χ4n) is 9.00. The van der Waals surface area contributed by atoms with Gasteiger partial charge in [0, 0.05) is 12.8 Å². The number of amides is 1. The lowest BCUT2D eigenvalue weighted by Crippen LogP contribution is -2.47. The number of hydrogen-bond acceptors (Lipinski definition) is 7. The number of allylic oxidation sites excluding steroid dienone is 19. The van der Waals surface area contributed by atoms with E-state index in [-0.39, 0.29) is 31.3 Å². The molecular weight excluding hydrogens is 1040 g/mol. The van der Waals surface area contributed by atoms with Crippen LogP contribution in [-0.2, 0) is 27.9 Å². The van der Waals surface area contributed by atoms with Gasteiger partial charge in [-0.05, 0) is 122 Å². The average Bonchev–Trinajstić information content (AvgIpc) is 3.44. The molecule has 0 aliphatic heterocycles. The summed E-state index contributed by atoms with van der Waals surface area (Å²) in [5.41, 5.74) is 0. The monoisotopic (exact) mass is 1160 g/mol. The number of rotatable bonds is 59. The van der Waals surface area contributed by atoms with Crippen molar-refractivity contribution in [3.8, 4) is 0 Å². The van der Waals surface area contributed by atoms with E-state index in [0.29, 0.717) is 23.9 Å². The maximum absolute atomic E-state index is 13.6. The zero-order valence-corrected chi connectivity index (χ0v) is 54.5. The summed E-state index contributed by atoms with van der Waals surface area (Å²) in [5, 5.41) is 3.02. The molecule has 82 heavy (non-hydrogen) atoms. The van der Waals surface area contributed by atoms with Crippen molar-refractivity contribution in [2.75, 3.05) is 40.9 Å². The van der Waals surface area contributed by atoms with Gasteiger partial charge in [-0.2, -0.15) is 0 Å². The maximum atomic E-state index is 13.6. The minimum atomic E-state index is -4.72. The predicted octanol–water partition coefficient (Wildman–Crippen LogP) is 20.4. The van der Waals surface area contributed by atoms with Crippen molar-refractivity contribution in [3.05, 3.63) is 122 Å². The molecule has 0 saturated carbocycles. The first-order valence-corrected chi connectivity index (χ1v) is 34.8. The lowest BCUT2D eigenvalue weighted by molar-refractivity contribution is -0.870. The topological polar surface area (TPSA) is 114 Å². The zero-order valence-electron chi connectivity index (χ0n) is 53.7. The standard InChI is InChI=1S/C72H125N2O7P/c1-7-10-13-16-19-22-25-28-30-32-34-35-36-37-38-39-41-42-44-46-49-52-55-58-61-64-71(75)73-69(68-80-82(77,78)79-67-66-74(4,5)6)70(63-60-57-54-51-48-27-24-21-18-15-12-9-3)81-72(76)65-62-59-56-53-50-47-45-43-40-33-31-29-26-23-20-17-14-11-8-2/h10,13,19-20,22-23,28-31,34-35,37-38,40-43,60,63,69-70H,7-9,11-12,14-18,21,24-27,32-33,36,39,44-59,61-62,64-68H2,1-6H3,(H-,73,75,77,78)/b13-10-,22-19-,23-20-,30-28-,31-29-,35-34-,38-37-,42-41-,43-40-,63-60-. The molecule has 3 atom stereocenters. The van der Waals surface area contributed by atoms with Crippen LogP contribution in [0.25, 0.3) is 0 Å². The van der Waals surface area contributed by atoms with Gasteiger partial charge in [0.15, 0.2) is 0 Å². The molecule has 0 aliphatic rings. The summed E-state index contributed by atoms with van der Waals surface area (Å²) in [6.07, 6.45) is 84.5. The van der Waals surface area contributed by atoms with Crippen LogP contribution in [0.2, 0.25) is 0 Å². The molecule has 9 nitrogen and oxygen atoms in total. The Balaban J connectivity index is 5.23. The van der Waals surface area contributed by atoms with Crippen molar-refractivity contribution in [2.45, 2.75) is 283 Å². The number of carbonyl (C=O) groups is 2. The van der Waals surface area contributed by atoms with Crippen LogP contribution in [0.4, 0.5) is 0 Å². The van der Waals surface area contributed by atoms with Crippen LogP contribution < -0.4 is 10.2 Å². The quantitative estimate of drug-likeness (QED) is 0.0212. The Labute approximate surface area is 505 Å². The Morgan fingerprint density at radius 1 is 0.439 bits per heavy atom. The number of quaternary nitrogens is 1. The van der Waals surface area contributed by atoms with Crippen LogP contribution in [0, 0.1) is 0 Å². The number of nitrogens with zero attached hydrogens (tertiary/aromatic N) is 1. The van der Waals surface area contributed by atoms with Gasteiger partial charge in [-0.25, -0.2) is 0 Å². The number of phosphoric acid groups is 1. The number of esters is 1. The molecule has 0 aromatic carbocycles. The number of ether oxygens (including phenoxy) is 1. The highest BCUT2D eigenvalue weighted by molar-refractivity contribution is 7.45. The van der Waals surface area contributed by atoms with E-state index in [1.54, 1.807) is 0 Å². The molecular formula is C72H125N2O7P. The number of likely N-dealkylation sites (N-methyl/N-ethyl adjacent to an activating group) is 1. The Morgan fingerprint density at radius 3 is 1.20 bits per heavy atom. The molecule has 3 unspecified atom stereocenters. The summed E-state index contributed by atoms with van der Waals surface area (Å²) in [6.45, 7) is 6.68. The van der Waals surface area contributed by atoms with Crippen molar-refractivity contribution in [1.29, 1.82) is 0 Å². The van der Waals surface area contributed by atoms with Gasteiger partial charge in [-0.3, -0.25) is 14.2 Å². The van der Waals surface area contributed by atoms with Gasteiger partial charge in [0.05, 0.1) is 33.8 Å². The summed E-state index contributed by atoms with van der Waals surface area (Å²) < 4.78 is 30.4. The molecule has 0 radical (unpaired) electrons. The summed E-state index contributed by atoms with van der Waals surface area (Å²) >= 11 is 0. The SMILES string of the molecule is CC/C=C\C/C=C\C/C=C\C/C=C\C/C=C\C/C=C\CCCCCCCCC(=O)NC(COP(=O)([O-])OCC[N+](C)(C)C)C(/C=C\CCCCCCCCCCCC)OC(=O)CCCCCCCC/C=C\C/C=C\C/C=C\CCCCC. The van der Waals surface area contributed by atoms with Crippen LogP contribution in [0.5, 0.6) is 0 Å². The fourth-order valence-corrected chi connectivity index (χ4v) is 9.73. The molecule has 0 fully saturated rings. The molecule has 1 amide bonds. The first-order valence-electron chi connectivity index (χ1n) is 33.3. The average molecular weight is 1160 g/mol. The molecule has 0 aromatic heterocycles. The Bertz CT molecular complexity index is 1820. The minimum absolute atomic E-state index is 0.0341. The van der Waals surface area contributed by atoms with Crippen molar-refractivity contribution >= 4 is 19.7 Å². The van der Waals surface area contributed by atoms with Crippen molar-refractivity contribution < 1.29 is 37.3 Å². The third kappa shape index (κ3) is 61.0. The number of carbonyl (C=O) groups excluding carboxylic acids is 2. The van der Waals surface area contributed by atoms with E-state index in [1.165, 1.54) is 77.0 Å². The van der Waals surface area contributed by atoms with Crippen LogP contribution in [-0.4, -0.2) is 69.4 Å². The second-order valence-corrected chi connectivity index (χ2v) is 24.6. The highest BCUT2D eigenvalue weighted by Gasteiger charge is 2.27. The van der Waals surface area contributed by atoms with Crippen molar-refractivity contribution in [2.24, 2.45) is 0 Å². The van der Waals surface area contributed by atoms with E-state index in [2.05, 4.69) is 135 Å². The first-order chi connectivity index (χ1) is 39.9. The number of phosphoric ester groups is 1. The third-order valence-electron chi connectivity index (χ3n) is 14.1. The van der Waals surface area contributed by atoms with Gasteiger partial charge in [0.2, 0.25) is 5.91 Å². The summed E-state index contributed by atoms with van der Waals surface area (Å²) in [7, 11) is 1.15. The van der Waals surface area contributed by atoms with E-state index in [4.69, 9.17) is 13.8 Å². The molecule has 0 rings (SSSR count). The van der Waals surface area contributed by atoms with Gasteiger partial charge in [-0.1, -0.05) is 258 Å². The number of unbranched alkanes of at least 4 members (excludes halogenated alkanes) is 25. The van der Waals surface area contributed by atoms with E-state index in [1.807, 2.05) is 33.3 Å². The second-order valence-electron chi connectivity index (χ2n) is 23.2. The summed E-state index contributed by atoms with van der Waals surface area (Å²) in [4.78, 5) is 40.1. The normalized spacial score (nSPS) is 14.4. The molecule has 1 N–H and O–H groups in total. The molecule has 470 valence electrons. The van der Waals surface area contributed by atoms with Crippen LogP contribution in [0.15, 0.2) is 122 Å². The van der Waals surface area contributed by atoms with Crippen LogP contribution in [0.3, 0.4) is 0 Å². The lowest BCUT2D eigenvalue weighted by atomic mass is 10.0. The van der Waals surface area contributed by atoms with Crippen LogP contribution in [0.1, 0.15) is 271 Å². The van der Waals surface area contributed by atoms with Crippen molar-refractivity contribution in [3.63, 3.8) is 0 Å². The Hall–Kier alpha value is -3.59. The summed E-state index contributed by atoms with van der Waals surface area (Å²) in [5.74, 6) is -0.578. The first kappa shape index (κ1) is 78.4. The summed E-state index contributed by atoms with van der Waals surface area (Å²) in [6, 6.07) is -0.911. The molecule has 0 aliphatic carbocycles. The van der Waals surface area contributed by atoms with Gasteiger partial charge in [0.25, 0.3) is 7.82 Å². The zero-order chi connectivity index (χ0) is 60.0.